The van der Waals surface area contributed by atoms with E-state index in [1.165, 1.54) is 0 Å². The fourth-order valence-electron chi connectivity index (χ4n) is 0.925. The smallest absolute Gasteiger partial charge is 0.130 e. The van der Waals surface area contributed by atoms with Crippen molar-refractivity contribution in [3.05, 3.63) is 30.2 Å². The normalized spacial score (nSPS) is 10.0. The van der Waals surface area contributed by atoms with Gasteiger partial charge in [0, 0.05) is 12.1 Å². The van der Waals surface area contributed by atoms with Crippen LogP contribution in [-0.2, 0) is 0 Å². The third-order valence-corrected chi connectivity index (χ3v) is 1.48. The van der Waals surface area contributed by atoms with Crippen molar-refractivity contribution in [3.8, 4) is 0 Å². The Balaban J connectivity index is 2.69. The molecule has 60 valence electrons. The van der Waals surface area contributed by atoms with Gasteiger partial charge in [0.15, 0.2) is 0 Å². The van der Waals surface area contributed by atoms with E-state index in [0.29, 0.717) is 0 Å². The molecule has 1 aromatic heterocycles. The summed E-state index contributed by atoms with van der Waals surface area (Å²) < 4.78 is 5.36. The molecule has 1 N–H and O–H groups in total. The van der Waals surface area contributed by atoms with Crippen molar-refractivity contribution in [2.45, 2.75) is 6.92 Å². The standard InChI is InChI=1S/C9H13NO/c1-7(6-10-3)9-5-4-8(2)11-9/h4-5,10H,1,6H2,2-3H3. The minimum absolute atomic E-state index is 0.771. The highest BCUT2D eigenvalue weighted by molar-refractivity contribution is 5.60. The van der Waals surface area contributed by atoms with Crippen molar-refractivity contribution >= 4 is 5.57 Å². The average molecular weight is 151 g/mol. The Morgan fingerprint density at radius 2 is 2.36 bits per heavy atom. The molecular formula is C9H13NO. The molecule has 1 heterocycles. The molecule has 0 aliphatic heterocycles. The fraction of sp³-hybridized carbons (Fsp3) is 0.333. The van der Waals surface area contributed by atoms with Crippen molar-refractivity contribution in [1.82, 2.24) is 5.32 Å². The predicted molar refractivity (Wildman–Crippen MR) is 46.4 cm³/mol. The maximum Gasteiger partial charge on any atom is 0.130 e. The van der Waals surface area contributed by atoms with E-state index < -0.39 is 0 Å². The van der Waals surface area contributed by atoms with E-state index in [9.17, 15) is 0 Å². The van der Waals surface area contributed by atoms with Crippen LogP contribution in [0.5, 0.6) is 0 Å². The number of likely N-dealkylation sites (N-methyl/N-ethyl adjacent to an activating group) is 1. The van der Waals surface area contributed by atoms with Crippen LogP contribution < -0.4 is 5.32 Å². The van der Waals surface area contributed by atoms with Crippen molar-refractivity contribution in [2.24, 2.45) is 0 Å². The Hall–Kier alpha value is -1.02. The first-order chi connectivity index (χ1) is 5.24. The summed E-state index contributed by atoms with van der Waals surface area (Å²) >= 11 is 0. The highest BCUT2D eigenvalue weighted by Gasteiger charge is 2.00. The summed E-state index contributed by atoms with van der Waals surface area (Å²) in [6.07, 6.45) is 0. The molecule has 0 saturated heterocycles. The molecule has 0 unspecified atom stereocenters. The molecule has 1 rings (SSSR count). The second kappa shape index (κ2) is 3.39. The Morgan fingerprint density at radius 3 is 2.82 bits per heavy atom. The lowest BCUT2D eigenvalue weighted by molar-refractivity contribution is 0.519. The van der Waals surface area contributed by atoms with E-state index in [4.69, 9.17) is 4.42 Å². The molecule has 0 amide bonds. The predicted octanol–water partition coefficient (Wildman–Crippen LogP) is 1.82. The van der Waals surface area contributed by atoms with Crippen LogP contribution in [0.4, 0.5) is 0 Å². The topological polar surface area (TPSA) is 25.2 Å². The molecule has 2 heteroatoms. The molecule has 1 aromatic rings. The first-order valence-corrected chi connectivity index (χ1v) is 3.63. The van der Waals surface area contributed by atoms with Crippen LogP contribution >= 0.6 is 0 Å². The zero-order valence-corrected chi connectivity index (χ0v) is 6.98. The van der Waals surface area contributed by atoms with Crippen LogP contribution in [0.3, 0.4) is 0 Å². The SMILES string of the molecule is C=C(CNC)c1ccc(C)o1. The van der Waals surface area contributed by atoms with Gasteiger partial charge >= 0.3 is 0 Å². The van der Waals surface area contributed by atoms with Crippen molar-refractivity contribution in [2.75, 3.05) is 13.6 Å². The van der Waals surface area contributed by atoms with E-state index >= 15 is 0 Å². The minimum Gasteiger partial charge on any atom is -0.462 e. The summed E-state index contributed by atoms with van der Waals surface area (Å²) in [7, 11) is 1.89. The summed E-state index contributed by atoms with van der Waals surface area (Å²) in [5.41, 5.74) is 0.987. The molecule has 0 saturated carbocycles. The third kappa shape index (κ3) is 1.95. The van der Waals surface area contributed by atoms with Gasteiger partial charge in [-0.05, 0) is 26.1 Å². The number of aryl methyl sites for hydroxylation is 1. The molecule has 0 atom stereocenters. The van der Waals surface area contributed by atoms with Gasteiger partial charge in [-0.3, -0.25) is 0 Å². The van der Waals surface area contributed by atoms with Crippen molar-refractivity contribution in [1.29, 1.82) is 0 Å². The van der Waals surface area contributed by atoms with Gasteiger partial charge in [0.05, 0.1) is 0 Å². The van der Waals surface area contributed by atoms with Gasteiger partial charge in [-0.25, -0.2) is 0 Å². The largest absolute Gasteiger partial charge is 0.462 e. The number of hydrogen-bond acceptors (Lipinski definition) is 2. The Bertz CT molecular complexity index is 250. The maximum atomic E-state index is 5.36. The molecule has 11 heavy (non-hydrogen) atoms. The first-order valence-electron chi connectivity index (χ1n) is 3.63. The summed E-state index contributed by atoms with van der Waals surface area (Å²) in [5.74, 6) is 1.80. The second-order valence-electron chi connectivity index (χ2n) is 2.54. The zero-order valence-electron chi connectivity index (χ0n) is 6.98. The third-order valence-electron chi connectivity index (χ3n) is 1.48. The number of nitrogens with one attached hydrogen (secondary N) is 1. The van der Waals surface area contributed by atoms with Gasteiger partial charge in [0.1, 0.15) is 11.5 Å². The van der Waals surface area contributed by atoms with Crippen LogP contribution in [0.25, 0.3) is 5.57 Å². The molecule has 0 aliphatic rings. The quantitative estimate of drug-likeness (QED) is 0.712. The minimum atomic E-state index is 0.771. The highest BCUT2D eigenvalue weighted by atomic mass is 16.3. The monoisotopic (exact) mass is 151 g/mol. The van der Waals surface area contributed by atoms with Gasteiger partial charge in [0.2, 0.25) is 0 Å². The number of furan rings is 1. The Kier molecular flexibility index (Phi) is 2.49. The van der Waals surface area contributed by atoms with Gasteiger partial charge in [-0.1, -0.05) is 6.58 Å². The molecule has 0 radical (unpaired) electrons. The molecular weight excluding hydrogens is 138 g/mol. The van der Waals surface area contributed by atoms with Crippen LogP contribution in [0.2, 0.25) is 0 Å². The molecule has 0 fully saturated rings. The van der Waals surface area contributed by atoms with E-state index in [-0.39, 0.29) is 0 Å². The van der Waals surface area contributed by atoms with Gasteiger partial charge in [-0.15, -0.1) is 0 Å². The summed E-state index contributed by atoms with van der Waals surface area (Å²) in [5, 5.41) is 3.02. The van der Waals surface area contributed by atoms with Crippen LogP contribution in [0.1, 0.15) is 11.5 Å². The van der Waals surface area contributed by atoms with Crippen molar-refractivity contribution < 1.29 is 4.42 Å². The first kappa shape index (κ1) is 8.08. The Morgan fingerprint density at radius 1 is 1.64 bits per heavy atom. The second-order valence-corrected chi connectivity index (χ2v) is 2.54. The van der Waals surface area contributed by atoms with E-state index in [1.54, 1.807) is 0 Å². The number of rotatable bonds is 3. The zero-order chi connectivity index (χ0) is 8.27. The van der Waals surface area contributed by atoms with Gasteiger partial charge in [-0.2, -0.15) is 0 Å². The van der Waals surface area contributed by atoms with E-state index in [2.05, 4.69) is 11.9 Å². The van der Waals surface area contributed by atoms with Crippen LogP contribution in [0, 0.1) is 6.92 Å². The van der Waals surface area contributed by atoms with Gasteiger partial charge in [0.25, 0.3) is 0 Å². The maximum absolute atomic E-state index is 5.36. The molecule has 0 bridgehead atoms. The average Bonchev–Trinajstić information content (AvgIpc) is 2.36. The van der Waals surface area contributed by atoms with Crippen LogP contribution in [0.15, 0.2) is 23.1 Å². The molecule has 0 aromatic carbocycles. The lowest BCUT2D eigenvalue weighted by atomic mass is 10.2. The lowest BCUT2D eigenvalue weighted by Crippen LogP contribution is -2.08. The molecule has 0 aliphatic carbocycles. The van der Waals surface area contributed by atoms with Crippen molar-refractivity contribution in [3.63, 3.8) is 0 Å². The highest BCUT2D eigenvalue weighted by Crippen LogP contribution is 2.14. The fourth-order valence-corrected chi connectivity index (χ4v) is 0.925. The van der Waals surface area contributed by atoms with Gasteiger partial charge < -0.3 is 9.73 Å². The van der Waals surface area contributed by atoms with E-state index in [0.717, 1.165) is 23.6 Å². The summed E-state index contributed by atoms with van der Waals surface area (Å²) in [4.78, 5) is 0. The van der Waals surface area contributed by atoms with E-state index in [1.807, 2.05) is 26.1 Å². The molecule has 2 nitrogen and oxygen atoms in total. The summed E-state index contributed by atoms with van der Waals surface area (Å²) in [6.45, 7) is 6.57. The Labute approximate surface area is 66.9 Å². The summed E-state index contributed by atoms with van der Waals surface area (Å²) in [6, 6.07) is 3.88. The number of hydrogen-bond donors (Lipinski definition) is 1. The molecule has 0 spiro atoms. The lowest BCUT2D eigenvalue weighted by Gasteiger charge is -1.98. The van der Waals surface area contributed by atoms with Crippen LogP contribution in [-0.4, -0.2) is 13.6 Å².